The Morgan fingerprint density at radius 2 is 2.33 bits per heavy atom. The number of pyridine rings is 1. The first-order chi connectivity index (χ1) is 7.24. The average molecular weight is 221 g/mol. The van der Waals surface area contributed by atoms with Gasteiger partial charge in [-0.25, -0.2) is 4.98 Å². The highest BCUT2D eigenvalue weighted by atomic mass is 32.1. The summed E-state index contributed by atoms with van der Waals surface area (Å²) < 4.78 is 0. The third-order valence-corrected chi connectivity index (χ3v) is 3.55. The molecule has 2 aromatic heterocycles. The number of aromatic nitrogens is 1. The molecule has 0 aliphatic rings. The Hall–Kier alpha value is -1.13. The lowest BCUT2D eigenvalue weighted by atomic mass is 10.2. The molecule has 2 heterocycles. The maximum atomic E-state index is 5.67. The van der Waals surface area contributed by atoms with E-state index in [-0.39, 0.29) is 0 Å². The van der Waals surface area contributed by atoms with E-state index in [1.807, 2.05) is 12.3 Å². The molecule has 0 fully saturated rings. The second-order valence-corrected chi connectivity index (χ2v) is 4.56. The summed E-state index contributed by atoms with van der Waals surface area (Å²) in [6.07, 6.45) is 1.86. The van der Waals surface area contributed by atoms with E-state index in [1.54, 1.807) is 11.3 Å². The van der Waals surface area contributed by atoms with Crippen LogP contribution in [0.4, 0.5) is 5.69 Å². The summed E-state index contributed by atoms with van der Waals surface area (Å²) in [5.41, 5.74) is 6.88. The highest BCUT2D eigenvalue weighted by Crippen LogP contribution is 2.28. The number of nitrogens with zero attached hydrogens (tertiary/aromatic N) is 2. The van der Waals surface area contributed by atoms with Crippen LogP contribution in [0.1, 0.15) is 6.92 Å². The summed E-state index contributed by atoms with van der Waals surface area (Å²) >= 11 is 1.67. The van der Waals surface area contributed by atoms with E-state index in [4.69, 9.17) is 5.73 Å². The van der Waals surface area contributed by atoms with Gasteiger partial charge >= 0.3 is 0 Å². The first-order valence-electron chi connectivity index (χ1n) is 4.99. The molecule has 4 heteroatoms. The minimum atomic E-state index is 0.343. The van der Waals surface area contributed by atoms with Gasteiger partial charge < -0.3 is 10.6 Å². The van der Waals surface area contributed by atoms with Crippen LogP contribution in [0, 0.1) is 0 Å². The molecule has 0 aromatic carbocycles. The molecule has 0 spiro atoms. The number of hydrogen-bond acceptors (Lipinski definition) is 4. The van der Waals surface area contributed by atoms with Crippen LogP contribution >= 0.6 is 11.3 Å². The fourth-order valence-corrected chi connectivity index (χ4v) is 2.32. The minimum absolute atomic E-state index is 0.343. The van der Waals surface area contributed by atoms with Crippen molar-refractivity contribution in [3.8, 4) is 0 Å². The van der Waals surface area contributed by atoms with Crippen molar-refractivity contribution in [3.63, 3.8) is 0 Å². The molecule has 0 amide bonds. The third-order valence-electron chi connectivity index (χ3n) is 2.73. The SMILES string of the molecule is CC(CN)N(C)c1ccnc2sccc12. The standard InChI is InChI=1S/C11H15N3S/c1-8(7-12)14(2)10-3-5-13-11-9(10)4-6-15-11/h3-6,8H,7,12H2,1-2H3. The lowest BCUT2D eigenvalue weighted by Gasteiger charge is -2.26. The molecule has 0 aliphatic heterocycles. The molecule has 2 N–H and O–H groups in total. The summed E-state index contributed by atoms with van der Waals surface area (Å²) in [5.74, 6) is 0. The van der Waals surface area contributed by atoms with Crippen molar-refractivity contribution < 1.29 is 0 Å². The van der Waals surface area contributed by atoms with E-state index in [9.17, 15) is 0 Å². The second-order valence-electron chi connectivity index (χ2n) is 3.67. The Kier molecular flexibility index (Phi) is 2.88. The van der Waals surface area contributed by atoms with Crippen molar-refractivity contribution in [2.24, 2.45) is 5.73 Å². The van der Waals surface area contributed by atoms with E-state index in [0.29, 0.717) is 12.6 Å². The van der Waals surface area contributed by atoms with Crippen molar-refractivity contribution in [1.82, 2.24) is 4.98 Å². The van der Waals surface area contributed by atoms with Crippen LogP contribution in [0.2, 0.25) is 0 Å². The third kappa shape index (κ3) is 1.82. The van der Waals surface area contributed by atoms with Crippen molar-refractivity contribution in [3.05, 3.63) is 23.7 Å². The van der Waals surface area contributed by atoms with Crippen LogP contribution in [0.15, 0.2) is 23.7 Å². The lowest BCUT2D eigenvalue weighted by molar-refractivity contribution is 0.697. The van der Waals surface area contributed by atoms with Crippen molar-refractivity contribution in [1.29, 1.82) is 0 Å². The van der Waals surface area contributed by atoms with Crippen LogP contribution in [-0.2, 0) is 0 Å². The molecule has 80 valence electrons. The Morgan fingerprint density at radius 1 is 1.53 bits per heavy atom. The zero-order chi connectivity index (χ0) is 10.8. The molecule has 15 heavy (non-hydrogen) atoms. The smallest absolute Gasteiger partial charge is 0.125 e. The molecule has 0 saturated carbocycles. The zero-order valence-electron chi connectivity index (χ0n) is 8.97. The van der Waals surface area contributed by atoms with Gasteiger partial charge in [0.15, 0.2) is 0 Å². The topological polar surface area (TPSA) is 42.1 Å². The molecular formula is C11H15N3S. The molecule has 0 radical (unpaired) electrons. The fourth-order valence-electron chi connectivity index (χ4n) is 1.56. The lowest BCUT2D eigenvalue weighted by Crippen LogP contribution is -2.35. The molecule has 2 aromatic rings. The number of hydrogen-bond donors (Lipinski definition) is 1. The molecule has 0 bridgehead atoms. The van der Waals surface area contributed by atoms with Crippen LogP contribution < -0.4 is 10.6 Å². The van der Waals surface area contributed by atoms with Crippen molar-refractivity contribution >= 4 is 27.2 Å². The van der Waals surface area contributed by atoms with E-state index in [1.165, 1.54) is 11.1 Å². The number of rotatable bonds is 3. The predicted molar refractivity (Wildman–Crippen MR) is 66.5 cm³/mol. The van der Waals surface area contributed by atoms with Crippen LogP contribution in [0.3, 0.4) is 0 Å². The number of thiophene rings is 1. The molecule has 2 rings (SSSR count). The zero-order valence-corrected chi connectivity index (χ0v) is 9.79. The van der Waals surface area contributed by atoms with Gasteiger partial charge in [0.25, 0.3) is 0 Å². The van der Waals surface area contributed by atoms with Gasteiger partial charge in [-0.2, -0.15) is 0 Å². The summed E-state index contributed by atoms with van der Waals surface area (Å²) in [4.78, 5) is 7.62. The Bertz CT molecular complexity index is 452. The summed E-state index contributed by atoms with van der Waals surface area (Å²) in [6.45, 7) is 2.78. The van der Waals surface area contributed by atoms with E-state index >= 15 is 0 Å². The van der Waals surface area contributed by atoms with Crippen LogP contribution in [0.25, 0.3) is 10.2 Å². The summed E-state index contributed by atoms with van der Waals surface area (Å²) in [7, 11) is 2.07. The average Bonchev–Trinajstić information content (AvgIpc) is 2.74. The van der Waals surface area contributed by atoms with Gasteiger partial charge in [0.05, 0.1) is 0 Å². The molecule has 3 nitrogen and oxygen atoms in total. The molecule has 1 unspecified atom stereocenters. The number of nitrogens with two attached hydrogens (primary N) is 1. The Labute approximate surface area is 93.5 Å². The normalized spacial score (nSPS) is 13.0. The van der Waals surface area contributed by atoms with Crippen LogP contribution in [-0.4, -0.2) is 24.6 Å². The highest BCUT2D eigenvalue weighted by Gasteiger charge is 2.11. The Balaban J connectivity index is 2.46. The Morgan fingerprint density at radius 3 is 3.07 bits per heavy atom. The van der Waals surface area contributed by atoms with Crippen LogP contribution in [0.5, 0.6) is 0 Å². The molecule has 1 atom stereocenters. The van der Waals surface area contributed by atoms with Gasteiger partial charge in [0.1, 0.15) is 4.83 Å². The molecule has 0 aliphatic carbocycles. The number of fused-ring (bicyclic) bond motifs is 1. The van der Waals surface area contributed by atoms with Crippen molar-refractivity contribution in [2.75, 3.05) is 18.5 Å². The van der Waals surface area contributed by atoms with E-state index in [2.05, 4.69) is 35.3 Å². The first-order valence-corrected chi connectivity index (χ1v) is 5.87. The summed E-state index contributed by atoms with van der Waals surface area (Å²) in [5, 5.41) is 3.28. The van der Waals surface area contributed by atoms with E-state index < -0.39 is 0 Å². The molecule has 0 saturated heterocycles. The largest absolute Gasteiger partial charge is 0.370 e. The maximum absolute atomic E-state index is 5.67. The number of likely N-dealkylation sites (N-methyl/N-ethyl adjacent to an activating group) is 1. The monoisotopic (exact) mass is 221 g/mol. The quantitative estimate of drug-likeness (QED) is 0.863. The van der Waals surface area contributed by atoms with E-state index in [0.717, 1.165) is 4.83 Å². The van der Waals surface area contributed by atoms with Gasteiger partial charge in [-0.3, -0.25) is 0 Å². The highest BCUT2D eigenvalue weighted by molar-refractivity contribution is 7.16. The molecular weight excluding hydrogens is 206 g/mol. The predicted octanol–water partition coefficient (Wildman–Crippen LogP) is 2.08. The first kappa shape index (κ1) is 10.4. The summed E-state index contributed by atoms with van der Waals surface area (Å²) in [6, 6.07) is 4.50. The van der Waals surface area contributed by atoms with Gasteiger partial charge in [0.2, 0.25) is 0 Å². The van der Waals surface area contributed by atoms with Gasteiger partial charge in [-0.1, -0.05) is 0 Å². The fraction of sp³-hybridized carbons (Fsp3) is 0.364. The van der Waals surface area contributed by atoms with Gasteiger partial charge in [-0.05, 0) is 24.4 Å². The van der Waals surface area contributed by atoms with Gasteiger partial charge in [0, 0.05) is 36.9 Å². The second kappa shape index (κ2) is 4.16. The minimum Gasteiger partial charge on any atom is -0.370 e. The number of anilines is 1. The van der Waals surface area contributed by atoms with Gasteiger partial charge in [-0.15, -0.1) is 11.3 Å². The van der Waals surface area contributed by atoms with Crippen molar-refractivity contribution in [2.45, 2.75) is 13.0 Å². The maximum Gasteiger partial charge on any atom is 0.125 e.